The van der Waals surface area contributed by atoms with Crippen LogP contribution >= 0.6 is 11.6 Å². The Morgan fingerprint density at radius 3 is 2.45 bits per heavy atom. The summed E-state index contributed by atoms with van der Waals surface area (Å²) < 4.78 is 38.8. The van der Waals surface area contributed by atoms with E-state index in [1.165, 1.54) is 11.0 Å². The lowest BCUT2D eigenvalue weighted by Gasteiger charge is -2.17. The van der Waals surface area contributed by atoms with E-state index in [1.54, 1.807) is 31.4 Å². The predicted molar refractivity (Wildman–Crippen MR) is 113 cm³/mol. The summed E-state index contributed by atoms with van der Waals surface area (Å²) in [7, 11) is 1.55. The third-order valence-electron chi connectivity index (χ3n) is 4.30. The number of hydrogen-bond acceptors (Lipinski definition) is 4. The Bertz CT molecular complexity index is 1120. The highest BCUT2D eigenvalue weighted by molar-refractivity contribution is 6.31. The number of halogens is 4. The van der Waals surface area contributed by atoms with Crippen molar-refractivity contribution in [1.29, 1.82) is 0 Å². The molecule has 2 amide bonds. The Balaban J connectivity index is 1.57. The number of likely N-dealkylation sites (N-methyl/N-ethyl adjacent to an activating group) is 1. The summed E-state index contributed by atoms with van der Waals surface area (Å²) in [5.41, 5.74) is 0.246. The number of alkyl halides is 3. The predicted octanol–water partition coefficient (Wildman–Crippen LogP) is 4.42. The fraction of sp³-hybridized carbons (Fsp3) is 0.190. The molecule has 0 saturated carbocycles. The molecule has 0 aliphatic heterocycles. The second kappa shape index (κ2) is 9.32. The van der Waals surface area contributed by atoms with Crippen LogP contribution < -0.4 is 10.6 Å². The third-order valence-corrected chi connectivity index (χ3v) is 4.63. The number of rotatable bonds is 6. The Labute approximate surface area is 181 Å². The van der Waals surface area contributed by atoms with E-state index in [-0.39, 0.29) is 24.7 Å². The molecule has 10 heteroatoms. The molecule has 0 unspecified atom stereocenters. The minimum atomic E-state index is -4.64. The molecule has 6 nitrogen and oxygen atoms in total. The van der Waals surface area contributed by atoms with Crippen molar-refractivity contribution in [3.05, 3.63) is 65.3 Å². The van der Waals surface area contributed by atoms with Crippen LogP contribution in [0.25, 0.3) is 10.9 Å². The summed E-state index contributed by atoms with van der Waals surface area (Å²) in [4.78, 5) is 30.2. The first-order valence-corrected chi connectivity index (χ1v) is 9.50. The van der Waals surface area contributed by atoms with Gasteiger partial charge in [-0.3, -0.25) is 19.5 Å². The lowest BCUT2D eigenvalue weighted by atomic mass is 10.2. The van der Waals surface area contributed by atoms with Crippen molar-refractivity contribution in [2.24, 2.45) is 0 Å². The van der Waals surface area contributed by atoms with Gasteiger partial charge in [0, 0.05) is 17.3 Å². The average Bonchev–Trinajstić information content (AvgIpc) is 2.68. The highest BCUT2D eigenvalue weighted by atomic mass is 35.5. The van der Waals surface area contributed by atoms with Crippen LogP contribution in [0.2, 0.25) is 5.02 Å². The average molecular weight is 451 g/mol. The molecular weight excluding hydrogens is 433 g/mol. The molecule has 0 radical (unpaired) electrons. The van der Waals surface area contributed by atoms with E-state index in [4.69, 9.17) is 11.6 Å². The molecule has 31 heavy (non-hydrogen) atoms. The number of fused-ring (bicyclic) bond motifs is 1. The number of benzene rings is 2. The van der Waals surface area contributed by atoms with E-state index in [9.17, 15) is 22.8 Å². The van der Waals surface area contributed by atoms with Crippen molar-refractivity contribution in [3.8, 4) is 0 Å². The Morgan fingerprint density at radius 2 is 1.74 bits per heavy atom. The molecule has 2 N–H and O–H groups in total. The van der Waals surface area contributed by atoms with Crippen molar-refractivity contribution in [2.45, 2.75) is 6.18 Å². The number of anilines is 2. The Kier molecular flexibility index (Phi) is 6.77. The van der Waals surface area contributed by atoms with Gasteiger partial charge in [-0.1, -0.05) is 17.7 Å². The first-order chi connectivity index (χ1) is 14.6. The van der Waals surface area contributed by atoms with Crippen LogP contribution in [-0.2, 0) is 15.8 Å². The van der Waals surface area contributed by atoms with Gasteiger partial charge in [0.2, 0.25) is 11.8 Å². The third kappa shape index (κ3) is 5.93. The van der Waals surface area contributed by atoms with Crippen molar-refractivity contribution < 1.29 is 22.8 Å². The van der Waals surface area contributed by atoms with Crippen molar-refractivity contribution in [1.82, 2.24) is 9.88 Å². The molecule has 0 bridgehead atoms. The molecule has 2 aromatic carbocycles. The first kappa shape index (κ1) is 22.5. The quantitative estimate of drug-likeness (QED) is 0.583. The summed E-state index contributed by atoms with van der Waals surface area (Å²) in [5, 5.41) is 5.48. The Morgan fingerprint density at radius 1 is 1.03 bits per heavy atom. The van der Waals surface area contributed by atoms with Gasteiger partial charge in [0.1, 0.15) is 0 Å². The fourth-order valence-electron chi connectivity index (χ4n) is 2.97. The van der Waals surface area contributed by atoms with E-state index < -0.39 is 22.7 Å². The van der Waals surface area contributed by atoms with Crippen LogP contribution in [0.3, 0.4) is 0 Å². The van der Waals surface area contributed by atoms with Crippen LogP contribution in [0.5, 0.6) is 0 Å². The molecule has 162 valence electrons. The van der Waals surface area contributed by atoms with Gasteiger partial charge < -0.3 is 10.6 Å². The number of carbonyl (C=O) groups is 2. The van der Waals surface area contributed by atoms with E-state index in [0.717, 1.165) is 23.0 Å². The van der Waals surface area contributed by atoms with Crippen molar-refractivity contribution >= 4 is 45.7 Å². The molecule has 0 aliphatic rings. The van der Waals surface area contributed by atoms with Crippen LogP contribution in [0.1, 0.15) is 5.56 Å². The normalized spacial score (nSPS) is 11.5. The van der Waals surface area contributed by atoms with Gasteiger partial charge in [0.15, 0.2) is 0 Å². The SMILES string of the molecule is CN(CC(=O)Nc1ccc(Cl)c(C(F)(F)F)c1)CC(=O)Nc1cccc2ncccc12. The van der Waals surface area contributed by atoms with Crippen molar-refractivity contribution in [2.75, 3.05) is 30.8 Å². The summed E-state index contributed by atoms with van der Waals surface area (Å²) in [6.45, 7) is -0.299. The van der Waals surface area contributed by atoms with Gasteiger partial charge in [0.25, 0.3) is 0 Å². The zero-order valence-electron chi connectivity index (χ0n) is 16.3. The van der Waals surface area contributed by atoms with E-state index in [0.29, 0.717) is 5.69 Å². The lowest BCUT2D eigenvalue weighted by molar-refractivity contribution is -0.137. The second-order valence-corrected chi connectivity index (χ2v) is 7.24. The molecule has 0 saturated heterocycles. The summed E-state index contributed by atoms with van der Waals surface area (Å²) >= 11 is 5.57. The molecule has 1 aromatic heterocycles. The zero-order valence-corrected chi connectivity index (χ0v) is 17.1. The summed E-state index contributed by atoms with van der Waals surface area (Å²) in [6.07, 6.45) is -2.98. The smallest absolute Gasteiger partial charge is 0.325 e. The number of nitrogens with one attached hydrogen (secondary N) is 2. The maximum Gasteiger partial charge on any atom is 0.417 e. The molecule has 0 fully saturated rings. The number of nitrogens with zero attached hydrogens (tertiary/aromatic N) is 2. The number of hydrogen-bond donors (Lipinski definition) is 2. The molecule has 3 aromatic rings. The van der Waals surface area contributed by atoms with Crippen LogP contribution in [0, 0.1) is 0 Å². The highest BCUT2D eigenvalue weighted by Crippen LogP contribution is 2.36. The van der Waals surface area contributed by atoms with Gasteiger partial charge in [-0.25, -0.2) is 0 Å². The molecule has 0 spiro atoms. The number of pyridine rings is 1. The van der Waals surface area contributed by atoms with Gasteiger partial charge in [-0.2, -0.15) is 13.2 Å². The summed E-state index contributed by atoms with van der Waals surface area (Å²) in [6, 6.07) is 12.0. The van der Waals surface area contributed by atoms with Crippen LogP contribution in [0.15, 0.2) is 54.7 Å². The molecule has 0 aliphatic carbocycles. The molecule has 1 heterocycles. The standard InChI is InChI=1S/C21H18ClF3N4O2/c1-29(11-19(30)27-13-7-8-16(22)15(10-13)21(23,24)25)12-20(31)28-18-6-2-5-17-14(18)4-3-9-26-17/h2-10H,11-12H2,1H3,(H,27,30)(H,28,31). The maximum atomic E-state index is 12.9. The Hall–Kier alpha value is -3.17. The minimum Gasteiger partial charge on any atom is -0.325 e. The first-order valence-electron chi connectivity index (χ1n) is 9.12. The lowest BCUT2D eigenvalue weighted by Crippen LogP contribution is -2.36. The van der Waals surface area contributed by atoms with Gasteiger partial charge >= 0.3 is 6.18 Å². The van der Waals surface area contributed by atoms with Crippen LogP contribution in [0.4, 0.5) is 24.5 Å². The summed E-state index contributed by atoms with van der Waals surface area (Å²) in [5.74, 6) is -0.919. The van der Waals surface area contributed by atoms with Gasteiger partial charge in [-0.15, -0.1) is 0 Å². The van der Waals surface area contributed by atoms with Crippen LogP contribution in [-0.4, -0.2) is 41.8 Å². The molecule has 3 rings (SSSR count). The number of amides is 2. The monoisotopic (exact) mass is 450 g/mol. The fourth-order valence-corrected chi connectivity index (χ4v) is 3.19. The molecular formula is C21H18ClF3N4O2. The second-order valence-electron chi connectivity index (χ2n) is 6.84. The minimum absolute atomic E-state index is 0.0390. The van der Waals surface area contributed by atoms with E-state index in [1.807, 2.05) is 12.1 Å². The van der Waals surface area contributed by atoms with E-state index >= 15 is 0 Å². The van der Waals surface area contributed by atoms with Crippen molar-refractivity contribution in [3.63, 3.8) is 0 Å². The van der Waals surface area contributed by atoms with E-state index in [2.05, 4.69) is 15.6 Å². The number of carbonyl (C=O) groups excluding carboxylic acids is 2. The number of aromatic nitrogens is 1. The molecule has 0 atom stereocenters. The maximum absolute atomic E-state index is 12.9. The largest absolute Gasteiger partial charge is 0.417 e. The zero-order chi connectivity index (χ0) is 22.6. The van der Waals surface area contributed by atoms with Gasteiger partial charge in [0.05, 0.1) is 34.9 Å². The highest BCUT2D eigenvalue weighted by Gasteiger charge is 2.33. The van der Waals surface area contributed by atoms with Gasteiger partial charge in [-0.05, 0) is 49.5 Å². The topological polar surface area (TPSA) is 74.3 Å².